The summed E-state index contributed by atoms with van der Waals surface area (Å²) in [5.74, 6) is -3.38. The van der Waals surface area contributed by atoms with Crippen molar-refractivity contribution in [1.82, 2.24) is 20.2 Å². The number of aryl methyl sites for hydroxylation is 3. The maximum Gasteiger partial charge on any atom is 0.226 e. The third-order valence-electron chi connectivity index (χ3n) is 11.8. The Morgan fingerprint density at radius 3 is 2.34 bits per heavy atom. The van der Waals surface area contributed by atoms with E-state index in [9.17, 15) is 34.3 Å². The smallest absolute Gasteiger partial charge is 0.226 e. The van der Waals surface area contributed by atoms with Gasteiger partial charge in [-0.15, -0.1) is 0 Å². The van der Waals surface area contributed by atoms with Crippen molar-refractivity contribution in [3.63, 3.8) is 0 Å². The van der Waals surface area contributed by atoms with E-state index in [1.54, 1.807) is 51.1 Å². The molecule has 0 unspecified atom stereocenters. The van der Waals surface area contributed by atoms with Gasteiger partial charge in [-0.1, -0.05) is 63.1 Å². The first-order valence-corrected chi connectivity index (χ1v) is 22.2. The Kier molecular flexibility index (Phi) is 17.4. The standard InChI is InChI=1S/C50H61N7O7/c1-6-7-8-10-33-12-15-35(16-13-33)48-54-31(3)46(32(4)55-48)43(60)29-37(20-22-52)50(63)57(5)47-36-17-19-45(64-24-23-53)39(28-36)38-26-34(14-18-41(38)58)27-40(42(59)11-9-21-51)56-49(62)30(2)25-44(47)61/h12-19,26,28,30,37,40,47,58H,6-11,20,22-25,27,29,52-53H2,1-5H3,(H,56,62)/t30-,37-,40+,47+/m1/s1. The molecular formula is C50H61N7O7. The number of phenolic OH excluding ortho intramolecular Hbond substituents is 1. The Hall–Kier alpha value is -6.30. The van der Waals surface area contributed by atoms with Crippen molar-refractivity contribution in [2.75, 3.05) is 26.7 Å². The average molecular weight is 872 g/mol. The number of nitrogens with two attached hydrogens (primary N) is 2. The number of carbonyl (C=O) groups is 5. The molecule has 0 radical (unpaired) electrons. The van der Waals surface area contributed by atoms with Gasteiger partial charge in [0.2, 0.25) is 11.8 Å². The van der Waals surface area contributed by atoms with Crippen LogP contribution in [0.5, 0.6) is 11.5 Å². The van der Waals surface area contributed by atoms with Gasteiger partial charge in [0, 0.05) is 67.8 Å². The molecule has 1 aliphatic rings. The molecule has 1 aromatic heterocycles. The fourth-order valence-electron chi connectivity index (χ4n) is 8.33. The molecule has 1 aliphatic heterocycles. The first-order valence-electron chi connectivity index (χ1n) is 22.2. The van der Waals surface area contributed by atoms with E-state index in [1.165, 1.54) is 30.0 Å². The Balaban J connectivity index is 1.51. The van der Waals surface area contributed by atoms with Gasteiger partial charge in [-0.2, -0.15) is 5.26 Å². The second-order valence-electron chi connectivity index (χ2n) is 16.7. The molecule has 0 spiro atoms. The second-order valence-corrected chi connectivity index (χ2v) is 16.7. The highest BCUT2D eigenvalue weighted by atomic mass is 16.5. The van der Waals surface area contributed by atoms with Crippen molar-refractivity contribution < 1.29 is 33.8 Å². The van der Waals surface area contributed by atoms with Gasteiger partial charge in [-0.05, 0) is 87.0 Å². The van der Waals surface area contributed by atoms with E-state index in [4.69, 9.17) is 26.2 Å². The van der Waals surface area contributed by atoms with Crippen molar-refractivity contribution in [3.05, 3.63) is 94.3 Å². The predicted molar refractivity (Wildman–Crippen MR) is 244 cm³/mol. The number of hydrogen-bond acceptors (Lipinski definition) is 12. The fourth-order valence-corrected chi connectivity index (χ4v) is 8.33. The number of rotatable bonds is 18. The maximum absolute atomic E-state index is 14.7. The molecule has 5 rings (SSSR count). The summed E-state index contributed by atoms with van der Waals surface area (Å²) in [4.78, 5) is 81.3. The topological polar surface area (TPSA) is 232 Å². The molecule has 0 saturated heterocycles. The zero-order valence-electron chi connectivity index (χ0n) is 37.6. The fraction of sp³-hybridized carbons (Fsp3) is 0.440. The van der Waals surface area contributed by atoms with E-state index in [0.717, 1.165) is 24.8 Å². The summed E-state index contributed by atoms with van der Waals surface area (Å²) >= 11 is 0. The van der Waals surface area contributed by atoms with E-state index in [1.807, 2.05) is 18.2 Å². The van der Waals surface area contributed by atoms with Crippen LogP contribution in [0.25, 0.3) is 22.5 Å². The first kappa shape index (κ1) is 48.7. The number of phenols is 1. The van der Waals surface area contributed by atoms with Crippen LogP contribution in [0.2, 0.25) is 0 Å². The van der Waals surface area contributed by atoms with Crippen LogP contribution in [0.4, 0.5) is 0 Å². The summed E-state index contributed by atoms with van der Waals surface area (Å²) in [6.07, 6.45) is 3.96. The second kappa shape index (κ2) is 22.9. The Morgan fingerprint density at radius 2 is 1.69 bits per heavy atom. The average Bonchev–Trinajstić information content (AvgIpc) is 3.27. The van der Waals surface area contributed by atoms with Crippen LogP contribution in [-0.4, -0.2) is 81.9 Å². The number of hydrogen-bond donors (Lipinski definition) is 4. The third-order valence-corrected chi connectivity index (χ3v) is 11.8. The van der Waals surface area contributed by atoms with Gasteiger partial charge in [0.05, 0.1) is 29.1 Å². The predicted octanol–water partition coefficient (Wildman–Crippen LogP) is 6.45. The highest BCUT2D eigenvalue weighted by molar-refractivity contribution is 6.01. The molecule has 14 heteroatoms. The molecule has 0 saturated carbocycles. The first-order chi connectivity index (χ1) is 30.7. The Labute approximate surface area is 375 Å². The largest absolute Gasteiger partial charge is 0.507 e. The van der Waals surface area contributed by atoms with Gasteiger partial charge >= 0.3 is 0 Å². The van der Waals surface area contributed by atoms with E-state index in [-0.39, 0.29) is 75.5 Å². The molecule has 6 N–H and O–H groups in total. The van der Waals surface area contributed by atoms with Crippen LogP contribution in [0.3, 0.4) is 0 Å². The van der Waals surface area contributed by atoms with E-state index in [0.29, 0.717) is 50.8 Å². The summed E-state index contributed by atoms with van der Waals surface area (Å²) in [6.45, 7) is 7.65. The monoisotopic (exact) mass is 871 g/mol. The molecule has 4 bridgehead atoms. The highest BCUT2D eigenvalue weighted by Gasteiger charge is 2.36. The molecule has 0 aliphatic carbocycles. The number of amides is 2. The SMILES string of the molecule is CCCCCc1ccc(-c2nc(C)c(C(=O)C[C@@H](CCN)C(=O)N(C)[C@@H]3C(=O)C[C@@H](C)C(=O)N[C@H](C(=O)CCC#N)Cc4ccc(O)c(c4)-c4cc3ccc4OCCN)c(C)n2)cc1. The minimum absolute atomic E-state index is 0.0407. The van der Waals surface area contributed by atoms with Crippen molar-refractivity contribution in [3.8, 4) is 40.1 Å². The molecule has 4 atom stereocenters. The van der Waals surface area contributed by atoms with Crippen LogP contribution in [0, 0.1) is 37.0 Å². The van der Waals surface area contributed by atoms with Gasteiger partial charge in [0.15, 0.2) is 23.2 Å². The van der Waals surface area contributed by atoms with Crippen molar-refractivity contribution in [2.45, 2.75) is 104 Å². The van der Waals surface area contributed by atoms with Gasteiger partial charge in [-0.25, -0.2) is 9.97 Å². The summed E-state index contributed by atoms with van der Waals surface area (Å²) in [5, 5.41) is 23.2. The number of fused-ring (bicyclic) bond motifs is 5. The van der Waals surface area contributed by atoms with Crippen LogP contribution >= 0.6 is 0 Å². The lowest BCUT2D eigenvalue weighted by molar-refractivity contribution is -0.142. The van der Waals surface area contributed by atoms with Gasteiger partial charge in [0.1, 0.15) is 24.1 Å². The quantitative estimate of drug-likeness (QED) is 0.0624. The molecular weight excluding hydrogens is 811 g/mol. The molecule has 3 aromatic carbocycles. The lowest BCUT2D eigenvalue weighted by Gasteiger charge is -2.32. The van der Waals surface area contributed by atoms with Crippen LogP contribution in [0.1, 0.15) is 110 Å². The highest BCUT2D eigenvalue weighted by Crippen LogP contribution is 2.40. The lowest BCUT2D eigenvalue weighted by Crippen LogP contribution is -2.46. The Bertz CT molecular complexity index is 2350. The number of benzene rings is 3. The number of likely N-dealkylation sites (N-methyl/N-ethyl adjacent to an activating group) is 1. The molecule has 14 nitrogen and oxygen atoms in total. The van der Waals surface area contributed by atoms with Crippen LogP contribution in [-0.2, 0) is 32.0 Å². The number of nitriles is 1. The van der Waals surface area contributed by atoms with Crippen molar-refractivity contribution in [2.24, 2.45) is 23.3 Å². The third kappa shape index (κ3) is 12.0. The molecule has 2 amide bonds. The molecule has 338 valence electrons. The summed E-state index contributed by atoms with van der Waals surface area (Å²) in [5.41, 5.74) is 16.9. The van der Waals surface area contributed by atoms with Crippen LogP contribution < -0.4 is 21.5 Å². The zero-order chi connectivity index (χ0) is 46.5. The van der Waals surface area contributed by atoms with Gasteiger partial charge < -0.3 is 31.5 Å². The zero-order valence-corrected chi connectivity index (χ0v) is 37.6. The van der Waals surface area contributed by atoms with E-state index >= 15 is 0 Å². The molecule has 2 heterocycles. The molecule has 0 fully saturated rings. The van der Waals surface area contributed by atoms with Crippen LogP contribution in [0.15, 0.2) is 60.7 Å². The summed E-state index contributed by atoms with van der Waals surface area (Å²) < 4.78 is 6.02. The minimum atomic E-state index is -1.26. The lowest BCUT2D eigenvalue weighted by atomic mass is 9.88. The number of nitrogens with zero attached hydrogens (tertiary/aromatic N) is 4. The molecule has 4 aromatic rings. The number of ketones is 3. The van der Waals surface area contributed by atoms with Gasteiger partial charge in [-0.3, -0.25) is 24.0 Å². The van der Waals surface area contributed by atoms with Crippen molar-refractivity contribution >= 4 is 29.2 Å². The minimum Gasteiger partial charge on any atom is -0.507 e. The number of ether oxygens (including phenoxy) is 1. The summed E-state index contributed by atoms with van der Waals surface area (Å²) in [6, 6.07) is 17.6. The number of unbranched alkanes of at least 4 members (excludes halogenated alkanes) is 2. The number of carbonyl (C=O) groups excluding carboxylic acids is 5. The van der Waals surface area contributed by atoms with Crippen molar-refractivity contribution in [1.29, 1.82) is 5.26 Å². The summed E-state index contributed by atoms with van der Waals surface area (Å²) in [7, 11) is 1.48. The normalized spacial score (nSPS) is 16.8. The molecule has 64 heavy (non-hydrogen) atoms. The maximum atomic E-state index is 14.7. The Morgan fingerprint density at radius 1 is 0.969 bits per heavy atom. The number of nitrogens with one attached hydrogen (secondary N) is 1. The van der Waals surface area contributed by atoms with E-state index in [2.05, 4.69) is 24.4 Å². The van der Waals surface area contributed by atoms with E-state index < -0.39 is 41.5 Å². The van der Waals surface area contributed by atoms with Gasteiger partial charge in [0.25, 0.3) is 0 Å². The number of aromatic nitrogens is 2. The number of Topliss-reactive ketones (excluding diaryl/α,β-unsaturated/α-hetero) is 3. The number of aromatic hydroxyl groups is 1.